The number of methoxy groups -OCH3 is 1. The van der Waals surface area contributed by atoms with Crippen LogP contribution in [0.5, 0.6) is 11.5 Å². The summed E-state index contributed by atoms with van der Waals surface area (Å²) in [6.45, 7) is 3.68. The highest BCUT2D eigenvalue weighted by atomic mass is 35.5. The van der Waals surface area contributed by atoms with Crippen LogP contribution in [-0.2, 0) is 27.3 Å². The number of nitrogens with zero attached hydrogens (tertiary/aromatic N) is 1. The fourth-order valence-corrected chi connectivity index (χ4v) is 3.89. The molecule has 1 aliphatic rings. The molecule has 0 aromatic heterocycles. The number of fused-ring (bicyclic) bond motifs is 1. The molecule has 0 fully saturated rings. The van der Waals surface area contributed by atoms with E-state index < -0.39 is 18.0 Å². The summed E-state index contributed by atoms with van der Waals surface area (Å²) in [6.07, 6.45) is 1.03. The molecule has 0 radical (unpaired) electrons. The molecule has 36 heavy (non-hydrogen) atoms. The van der Waals surface area contributed by atoms with E-state index in [1.807, 2.05) is 19.9 Å². The number of anilines is 1. The molecular formula is C25H33ClN4O6. The van der Waals surface area contributed by atoms with Crippen molar-refractivity contribution in [2.45, 2.75) is 45.3 Å². The van der Waals surface area contributed by atoms with Crippen molar-refractivity contribution < 1.29 is 29.1 Å². The van der Waals surface area contributed by atoms with Gasteiger partial charge in [0, 0.05) is 18.7 Å². The minimum atomic E-state index is -0.751. The van der Waals surface area contributed by atoms with Crippen molar-refractivity contribution in [1.29, 1.82) is 0 Å². The number of benzene rings is 2. The second-order valence-corrected chi connectivity index (χ2v) is 8.57. The summed E-state index contributed by atoms with van der Waals surface area (Å²) in [5.41, 5.74) is 10.1. The van der Waals surface area contributed by atoms with Gasteiger partial charge in [-0.25, -0.2) is 5.48 Å². The van der Waals surface area contributed by atoms with Crippen LogP contribution >= 0.6 is 12.4 Å². The van der Waals surface area contributed by atoms with E-state index in [1.54, 1.807) is 43.5 Å². The third-order valence-electron chi connectivity index (χ3n) is 6.29. The lowest BCUT2D eigenvalue weighted by Gasteiger charge is -2.38. The standard InChI is InChI=1S/C25H32N4O6.ClH/c1-4-15(2)23(26)25(32)29-13-17-11-20(35-14-22(30)28-33)8-5-16(17)12-21(29)24(31)27-18-6-9-19(34-3)10-7-18;/h5-11,15,21,23,33H,4,12-14,26H2,1-3H3,(H,27,31)(H,28,30);1H/t15-,21-,23-;/m0./s1. The summed E-state index contributed by atoms with van der Waals surface area (Å²) in [4.78, 5) is 39.5. The van der Waals surface area contributed by atoms with Crippen LogP contribution < -0.4 is 26.0 Å². The Hall–Kier alpha value is -3.34. The summed E-state index contributed by atoms with van der Waals surface area (Å²) in [7, 11) is 1.56. The Balaban J connectivity index is 0.00000456. The average molecular weight is 521 g/mol. The first-order chi connectivity index (χ1) is 16.8. The van der Waals surface area contributed by atoms with Crippen molar-refractivity contribution in [3.05, 3.63) is 53.6 Å². The largest absolute Gasteiger partial charge is 0.497 e. The van der Waals surface area contributed by atoms with Crippen LogP contribution in [0.15, 0.2) is 42.5 Å². The van der Waals surface area contributed by atoms with Crippen LogP contribution in [0.1, 0.15) is 31.4 Å². The molecule has 3 rings (SSSR count). The molecule has 11 heteroatoms. The van der Waals surface area contributed by atoms with Crippen molar-refractivity contribution in [3.63, 3.8) is 0 Å². The van der Waals surface area contributed by atoms with Crippen LogP contribution in [0, 0.1) is 5.92 Å². The van der Waals surface area contributed by atoms with E-state index in [4.69, 9.17) is 20.4 Å². The van der Waals surface area contributed by atoms with Crippen LogP contribution in [0.2, 0.25) is 0 Å². The van der Waals surface area contributed by atoms with Crippen molar-refractivity contribution >= 4 is 35.8 Å². The Labute approximate surface area is 216 Å². The molecule has 0 aliphatic carbocycles. The molecule has 0 saturated heterocycles. The molecule has 2 aromatic rings. The Morgan fingerprint density at radius 2 is 1.81 bits per heavy atom. The maximum absolute atomic E-state index is 13.4. The molecule has 0 spiro atoms. The minimum absolute atomic E-state index is 0. The quantitative estimate of drug-likeness (QED) is 0.293. The predicted octanol–water partition coefficient (Wildman–Crippen LogP) is 2.27. The number of hydrogen-bond donors (Lipinski definition) is 4. The summed E-state index contributed by atoms with van der Waals surface area (Å²) >= 11 is 0. The summed E-state index contributed by atoms with van der Waals surface area (Å²) in [6, 6.07) is 10.7. The predicted molar refractivity (Wildman–Crippen MR) is 136 cm³/mol. The van der Waals surface area contributed by atoms with Gasteiger partial charge in [-0.15, -0.1) is 12.4 Å². The highest BCUT2D eigenvalue weighted by Gasteiger charge is 2.37. The molecule has 3 atom stereocenters. The molecule has 0 saturated carbocycles. The van der Waals surface area contributed by atoms with E-state index in [-0.39, 0.29) is 43.3 Å². The third-order valence-corrected chi connectivity index (χ3v) is 6.29. The Morgan fingerprint density at radius 1 is 1.14 bits per heavy atom. The van der Waals surface area contributed by atoms with Crippen LogP contribution in [0.3, 0.4) is 0 Å². The number of rotatable bonds is 9. The second-order valence-electron chi connectivity index (χ2n) is 8.57. The molecular weight excluding hydrogens is 488 g/mol. The Morgan fingerprint density at radius 3 is 2.42 bits per heavy atom. The highest BCUT2D eigenvalue weighted by molar-refractivity contribution is 5.98. The number of hydroxylamine groups is 1. The second kappa shape index (κ2) is 13.1. The summed E-state index contributed by atoms with van der Waals surface area (Å²) in [5, 5.41) is 11.5. The van der Waals surface area contributed by atoms with Crippen molar-refractivity contribution in [2.24, 2.45) is 11.7 Å². The van der Waals surface area contributed by atoms with Crippen LogP contribution in [0.4, 0.5) is 5.69 Å². The maximum Gasteiger partial charge on any atom is 0.281 e. The third kappa shape index (κ3) is 6.87. The molecule has 1 heterocycles. The normalized spacial score (nSPS) is 16.0. The lowest BCUT2D eigenvalue weighted by molar-refractivity contribution is -0.142. The van der Waals surface area contributed by atoms with E-state index in [2.05, 4.69) is 5.32 Å². The van der Waals surface area contributed by atoms with E-state index in [1.165, 1.54) is 10.4 Å². The topological polar surface area (TPSA) is 143 Å². The molecule has 5 N–H and O–H groups in total. The first kappa shape index (κ1) is 28.9. The van der Waals surface area contributed by atoms with Gasteiger partial charge >= 0.3 is 0 Å². The fourth-order valence-electron chi connectivity index (χ4n) is 3.89. The zero-order valence-corrected chi connectivity index (χ0v) is 21.3. The molecule has 3 amide bonds. The smallest absolute Gasteiger partial charge is 0.281 e. The maximum atomic E-state index is 13.4. The summed E-state index contributed by atoms with van der Waals surface area (Å²) in [5.74, 6) is -0.279. The highest BCUT2D eigenvalue weighted by Crippen LogP contribution is 2.29. The minimum Gasteiger partial charge on any atom is -0.497 e. The van der Waals surface area contributed by atoms with E-state index >= 15 is 0 Å². The van der Waals surface area contributed by atoms with Crippen LogP contribution in [0.25, 0.3) is 0 Å². The van der Waals surface area contributed by atoms with E-state index in [0.717, 1.165) is 17.5 Å². The number of hydrogen-bond acceptors (Lipinski definition) is 7. The Bertz CT molecular complexity index is 1070. The Kier molecular flexibility index (Phi) is 10.5. The number of ether oxygens (including phenoxy) is 2. The first-order valence-corrected chi connectivity index (χ1v) is 11.5. The number of nitrogens with two attached hydrogens (primary N) is 1. The zero-order chi connectivity index (χ0) is 25.5. The van der Waals surface area contributed by atoms with Gasteiger partial charge in [0.25, 0.3) is 5.91 Å². The average Bonchev–Trinajstić information content (AvgIpc) is 2.89. The van der Waals surface area contributed by atoms with Gasteiger partial charge < -0.3 is 25.4 Å². The molecule has 10 nitrogen and oxygen atoms in total. The van der Waals surface area contributed by atoms with Gasteiger partial charge in [0.15, 0.2) is 6.61 Å². The van der Waals surface area contributed by atoms with Gasteiger partial charge in [0.2, 0.25) is 11.8 Å². The van der Waals surface area contributed by atoms with Crippen molar-refractivity contribution in [3.8, 4) is 11.5 Å². The number of halogens is 1. The molecule has 1 aliphatic heterocycles. The number of carbonyl (C=O) groups is 3. The van der Waals surface area contributed by atoms with E-state index in [9.17, 15) is 14.4 Å². The number of nitrogens with one attached hydrogen (secondary N) is 2. The fraction of sp³-hybridized carbons (Fsp3) is 0.400. The number of carbonyl (C=O) groups excluding carboxylic acids is 3. The first-order valence-electron chi connectivity index (χ1n) is 11.5. The van der Waals surface area contributed by atoms with Crippen molar-refractivity contribution in [1.82, 2.24) is 10.4 Å². The van der Waals surface area contributed by atoms with Gasteiger partial charge in [-0.05, 0) is 53.4 Å². The van der Waals surface area contributed by atoms with Gasteiger partial charge in [-0.2, -0.15) is 0 Å². The molecule has 0 unspecified atom stereocenters. The summed E-state index contributed by atoms with van der Waals surface area (Å²) < 4.78 is 10.6. The SMILES string of the molecule is CC[C@H](C)[C@H](N)C(=O)N1Cc2cc(OCC(=O)NO)ccc2C[C@H]1C(=O)Nc1ccc(OC)cc1.Cl. The van der Waals surface area contributed by atoms with Crippen molar-refractivity contribution in [2.75, 3.05) is 19.0 Å². The lowest BCUT2D eigenvalue weighted by atomic mass is 9.91. The lowest BCUT2D eigenvalue weighted by Crippen LogP contribution is -2.56. The molecule has 0 bridgehead atoms. The van der Waals surface area contributed by atoms with Crippen LogP contribution in [-0.4, -0.2) is 53.6 Å². The van der Waals surface area contributed by atoms with Gasteiger partial charge in [-0.1, -0.05) is 26.3 Å². The van der Waals surface area contributed by atoms with E-state index in [0.29, 0.717) is 23.6 Å². The van der Waals surface area contributed by atoms with Gasteiger partial charge in [0.05, 0.1) is 13.2 Å². The van der Waals surface area contributed by atoms with Gasteiger partial charge in [0.1, 0.15) is 17.5 Å². The monoisotopic (exact) mass is 520 g/mol. The number of amides is 3. The van der Waals surface area contributed by atoms with Gasteiger partial charge in [-0.3, -0.25) is 19.6 Å². The zero-order valence-electron chi connectivity index (χ0n) is 20.5. The molecule has 2 aromatic carbocycles. The molecule has 196 valence electrons.